The van der Waals surface area contributed by atoms with E-state index in [0.717, 1.165) is 0 Å². The van der Waals surface area contributed by atoms with Gasteiger partial charge in [0.15, 0.2) is 0 Å². The number of methoxy groups -OCH3 is 1. The first-order chi connectivity index (χ1) is 4.00. The van der Waals surface area contributed by atoms with Gasteiger partial charge in [0.1, 0.15) is 6.23 Å². The molecule has 0 saturated carbocycles. The molecular weight excluding hydrogens is 116 g/mol. The zero-order valence-electron chi connectivity index (χ0n) is 7.01. The molecule has 0 aromatic carbocycles. The van der Waals surface area contributed by atoms with Crippen LogP contribution in [0.5, 0.6) is 0 Å². The van der Waals surface area contributed by atoms with E-state index in [0.29, 0.717) is 0 Å². The van der Waals surface area contributed by atoms with E-state index in [9.17, 15) is 0 Å². The van der Waals surface area contributed by atoms with Gasteiger partial charge in [-0.25, -0.2) is 0 Å². The quantitative estimate of drug-likeness (QED) is 0.517. The Balaban J connectivity index is 0. The predicted octanol–water partition coefficient (Wildman–Crippen LogP) is 0.115. The third kappa shape index (κ3) is 77.1. The average molecular weight is 134 g/mol. The molecule has 0 fully saturated rings. The van der Waals surface area contributed by atoms with Gasteiger partial charge in [0.05, 0.1) is 0 Å². The van der Waals surface area contributed by atoms with E-state index in [4.69, 9.17) is 5.73 Å². The maximum Gasteiger partial charge on any atom is 0.102 e. The van der Waals surface area contributed by atoms with Crippen LogP contribution in [-0.4, -0.2) is 39.4 Å². The van der Waals surface area contributed by atoms with Crippen molar-refractivity contribution in [3.05, 3.63) is 0 Å². The number of hydrogen-bond donors (Lipinski definition) is 1. The van der Waals surface area contributed by atoms with Crippen LogP contribution in [-0.2, 0) is 4.74 Å². The molecule has 1 unspecified atom stereocenters. The molecule has 3 heteroatoms. The van der Waals surface area contributed by atoms with Crippen LogP contribution in [0.4, 0.5) is 0 Å². The molecule has 0 aliphatic rings. The van der Waals surface area contributed by atoms with Crippen LogP contribution in [0.1, 0.15) is 6.92 Å². The third-order valence-electron chi connectivity index (χ3n) is 0.372. The van der Waals surface area contributed by atoms with Crippen molar-refractivity contribution in [3.8, 4) is 0 Å². The molecule has 0 aliphatic heterocycles. The van der Waals surface area contributed by atoms with E-state index in [-0.39, 0.29) is 6.23 Å². The summed E-state index contributed by atoms with van der Waals surface area (Å²) in [5, 5.41) is 0. The average Bonchev–Trinajstić information content (AvgIpc) is 1.65. The summed E-state index contributed by atoms with van der Waals surface area (Å²) in [4.78, 5) is 2.00. The van der Waals surface area contributed by atoms with Gasteiger partial charge in [-0.3, -0.25) is 0 Å². The standard InChI is InChI=1S/C3H9NO.C3H9N/c1-3(4)5-2;1-4(2)3/h3H,4H2,1-2H3;1-3H3. The topological polar surface area (TPSA) is 38.5 Å². The molecule has 0 aliphatic carbocycles. The maximum absolute atomic E-state index is 5.07. The van der Waals surface area contributed by atoms with Crippen LogP contribution in [0.2, 0.25) is 0 Å². The Hall–Kier alpha value is -0.120. The van der Waals surface area contributed by atoms with E-state index < -0.39 is 0 Å². The summed E-state index contributed by atoms with van der Waals surface area (Å²) in [6.45, 7) is 1.78. The summed E-state index contributed by atoms with van der Waals surface area (Å²) in [6, 6.07) is 0. The third-order valence-corrected chi connectivity index (χ3v) is 0.372. The van der Waals surface area contributed by atoms with Gasteiger partial charge in [-0.15, -0.1) is 0 Å². The Kier molecular flexibility index (Phi) is 10.2. The van der Waals surface area contributed by atoms with Gasteiger partial charge in [0.2, 0.25) is 0 Å². The fourth-order valence-electron chi connectivity index (χ4n) is 0. The summed E-state index contributed by atoms with van der Waals surface area (Å²) in [7, 11) is 7.57. The van der Waals surface area contributed by atoms with Crippen LogP contribution >= 0.6 is 0 Å². The van der Waals surface area contributed by atoms with Gasteiger partial charge >= 0.3 is 0 Å². The number of hydrogen-bond acceptors (Lipinski definition) is 3. The maximum atomic E-state index is 5.07. The molecule has 0 radical (unpaired) electrons. The van der Waals surface area contributed by atoms with Gasteiger partial charge < -0.3 is 15.4 Å². The van der Waals surface area contributed by atoms with Gasteiger partial charge in [-0.05, 0) is 28.1 Å². The normalized spacial score (nSPS) is 12.3. The van der Waals surface area contributed by atoms with Crippen molar-refractivity contribution >= 4 is 0 Å². The largest absolute Gasteiger partial charge is 0.367 e. The van der Waals surface area contributed by atoms with Crippen LogP contribution in [0.25, 0.3) is 0 Å². The molecule has 9 heavy (non-hydrogen) atoms. The summed E-state index contributed by atoms with van der Waals surface area (Å²) in [5.74, 6) is 0. The molecule has 2 N–H and O–H groups in total. The highest BCUT2D eigenvalue weighted by molar-refractivity contribution is 4.23. The van der Waals surface area contributed by atoms with Crippen molar-refractivity contribution in [2.24, 2.45) is 5.73 Å². The second-order valence-electron chi connectivity index (χ2n) is 2.28. The minimum Gasteiger partial charge on any atom is -0.367 e. The van der Waals surface area contributed by atoms with E-state index in [2.05, 4.69) is 4.74 Å². The number of nitrogens with two attached hydrogens (primary N) is 1. The first-order valence-electron chi connectivity index (χ1n) is 2.90. The Labute approximate surface area is 57.8 Å². The Morgan fingerprint density at radius 1 is 1.33 bits per heavy atom. The summed E-state index contributed by atoms with van der Waals surface area (Å²) in [5.41, 5.74) is 5.07. The SMILES string of the molecule is CN(C)C.COC(C)N. The molecule has 0 saturated heterocycles. The fourth-order valence-corrected chi connectivity index (χ4v) is 0. The van der Waals surface area contributed by atoms with Gasteiger partial charge in [-0.1, -0.05) is 0 Å². The number of ether oxygens (including phenoxy) is 1. The van der Waals surface area contributed by atoms with E-state index >= 15 is 0 Å². The van der Waals surface area contributed by atoms with Gasteiger partial charge in [-0.2, -0.15) is 0 Å². The van der Waals surface area contributed by atoms with Crippen molar-refractivity contribution in [1.82, 2.24) is 4.90 Å². The highest BCUT2D eigenvalue weighted by atomic mass is 16.5. The highest BCUT2D eigenvalue weighted by Crippen LogP contribution is 1.66. The van der Waals surface area contributed by atoms with Crippen LogP contribution in [0.3, 0.4) is 0 Å². The van der Waals surface area contributed by atoms with Crippen molar-refractivity contribution in [2.75, 3.05) is 28.3 Å². The highest BCUT2D eigenvalue weighted by Gasteiger charge is 1.78. The van der Waals surface area contributed by atoms with E-state index in [1.165, 1.54) is 0 Å². The minimum atomic E-state index is -0.116. The zero-order valence-corrected chi connectivity index (χ0v) is 7.01. The summed E-state index contributed by atoms with van der Waals surface area (Å²) >= 11 is 0. The molecule has 0 bridgehead atoms. The fraction of sp³-hybridized carbons (Fsp3) is 1.00. The van der Waals surface area contributed by atoms with Crippen molar-refractivity contribution < 1.29 is 4.74 Å². The lowest BCUT2D eigenvalue weighted by atomic mass is 10.7. The van der Waals surface area contributed by atoms with Crippen molar-refractivity contribution in [1.29, 1.82) is 0 Å². The second-order valence-corrected chi connectivity index (χ2v) is 2.28. The lowest BCUT2D eigenvalue weighted by molar-refractivity contribution is 0.124. The molecule has 3 nitrogen and oxygen atoms in total. The van der Waals surface area contributed by atoms with Gasteiger partial charge in [0.25, 0.3) is 0 Å². The Bertz CT molecular complexity index is 43.6. The number of rotatable bonds is 1. The van der Waals surface area contributed by atoms with E-state index in [1.807, 2.05) is 26.0 Å². The summed E-state index contributed by atoms with van der Waals surface area (Å²) < 4.78 is 4.53. The Morgan fingerprint density at radius 3 is 1.44 bits per heavy atom. The minimum absolute atomic E-state index is 0.116. The second kappa shape index (κ2) is 7.88. The van der Waals surface area contributed by atoms with Gasteiger partial charge in [0, 0.05) is 7.11 Å². The Morgan fingerprint density at radius 2 is 1.44 bits per heavy atom. The van der Waals surface area contributed by atoms with Crippen molar-refractivity contribution in [3.63, 3.8) is 0 Å². The van der Waals surface area contributed by atoms with Crippen LogP contribution < -0.4 is 5.73 Å². The molecule has 0 amide bonds. The molecule has 58 valence electrons. The monoisotopic (exact) mass is 134 g/mol. The number of nitrogens with zero attached hydrogens (tertiary/aromatic N) is 1. The molecular formula is C6H18N2O. The van der Waals surface area contributed by atoms with Crippen LogP contribution in [0.15, 0.2) is 0 Å². The van der Waals surface area contributed by atoms with Crippen LogP contribution in [0, 0.1) is 0 Å². The summed E-state index contributed by atoms with van der Waals surface area (Å²) in [6.07, 6.45) is -0.116. The molecule has 0 aromatic heterocycles. The zero-order chi connectivity index (χ0) is 7.86. The predicted molar refractivity (Wildman–Crippen MR) is 40.3 cm³/mol. The molecule has 0 rings (SSSR count). The molecule has 0 aromatic rings. The first kappa shape index (κ1) is 11.6. The van der Waals surface area contributed by atoms with Crippen molar-refractivity contribution in [2.45, 2.75) is 13.2 Å². The molecule has 0 heterocycles. The lowest BCUT2D eigenvalue weighted by Crippen LogP contribution is -2.15. The van der Waals surface area contributed by atoms with E-state index in [1.54, 1.807) is 14.0 Å². The molecule has 1 atom stereocenters. The smallest absolute Gasteiger partial charge is 0.102 e. The lowest BCUT2D eigenvalue weighted by Gasteiger charge is -1.95. The molecule has 0 spiro atoms. The first-order valence-corrected chi connectivity index (χ1v) is 2.90.